The van der Waals surface area contributed by atoms with Gasteiger partial charge in [-0.15, -0.1) is 0 Å². The van der Waals surface area contributed by atoms with E-state index in [0.717, 1.165) is 72.7 Å². The van der Waals surface area contributed by atoms with Crippen LogP contribution in [0.3, 0.4) is 0 Å². The molecular weight excluding hydrogens is 418 g/mol. The first-order chi connectivity index (χ1) is 16.2. The number of benzene rings is 1. The highest BCUT2D eigenvalue weighted by Gasteiger charge is 2.29. The zero-order valence-electron chi connectivity index (χ0n) is 19.0. The van der Waals surface area contributed by atoms with Crippen LogP contribution < -0.4 is 5.32 Å². The molecule has 5 rings (SSSR count). The Morgan fingerprint density at radius 2 is 2.00 bits per heavy atom. The number of fused-ring (bicyclic) bond motifs is 1. The van der Waals surface area contributed by atoms with Crippen LogP contribution in [0, 0.1) is 0 Å². The highest BCUT2D eigenvalue weighted by atomic mass is 16.5. The predicted octanol–water partition coefficient (Wildman–Crippen LogP) is 3.72. The number of carbonyl (C=O) groups is 1. The Labute approximate surface area is 193 Å². The summed E-state index contributed by atoms with van der Waals surface area (Å²) in [6.45, 7) is 6.23. The first-order valence-corrected chi connectivity index (χ1v) is 11.9. The number of rotatable bonds is 7. The van der Waals surface area contributed by atoms with Crippen LogP contribution >= 0.6 is 0 Å². The first kappa shape index (κ1) is 21.9. The molecule has 8 nitrogen and oxygen atoms in total. The number of hydrogen-bond donors (Lipinski definition) is 2. The smallest absolute Gasteiger partial charge is 0.253 e. The molecule has 8 heteroatoms. The van der Waals surface area contributed by atoms with Gasteiger partial charge in [0.25, 0.3) is 5.91 Å². The molecule has 3 aromatic rings. The Kier molecular flexibility index (Phi) is 6.55. The van der Waals surface area contributed by atoms with Gasteiger partial charge in [0.15, 0.2) is 11.5 Å². The quantitative estimate of drug-likeness (QED) is 0.571. The van der Waals surface area contributed by atoms with Crippen LogP contribution in [0.4, 0.5) is 5.82 Å². The number of nitrogens with one attached hydrogen (secondary N) is 2. The lowest BCUT2D eigenvalue weighted by molar-refractivity contribution is 0.0790. The molecule has 0 unspecified atom stereocenters. The van der Waals surface area contributed by atoms with Crippen molar-refractivity contribution < 1.29 is 14.3 Å². The van der Waals surface area contributed by atoms with Crippen molar-refractivity contribution in [2.24, 2.45) is 0 Å². The van der Waals surface area contributed by atoms with Crippen LogP contribution in [-0.2, 0) is 16.1 Å². The van der Waals surface area contributed by atoms with Crippen molar-refractivity contribution in [3.63, 3.8) is 0 Å². The lowest BCUT2D eigenvalue weighted by Gasteiger charge is -2.23. The number of amides is 1. The lowest BCUT2D eigenvalue weighted by Crippen LogP contribution is -2.28. The molecule has 2 fully saturated rings. The summed E-state index contributed by atoms with van der Waals surface area (Å²) in [5.41, 5.74) is 3.59. The molecule has 0 spiro atoms. The third-order valence-corrected chi connectivity index (χ3v) is 6.58. The van der Waals surface area contributed by atoms with Crippen LogP contribution in [0.5, 0.6) is 0 Å². The zero-order valence-corrected chi connectivity index (χ0v) is 19.0. The Morgan fingerprint density at radius 1 is 1.18 bits per heavy atom. The van der Waals surface area contributed by atoms with Crippen molar-refractivity contribution in [1.29, 1.82) is 0 Å². The van der Waals surface area contributed by atoms with E-state index in [4.69, 9.17) is 14.5 Å². The van der Waals surface area contributed by atoms with Gasteiger partial charge in [0.2, 0.25) is 0 Å². The summed E-state index contributed by atoms with van der Waals surface area (Å²) in [4.78, 5) is 19.8. The number of anilines is 1. The largest absolute Gasteiger partial charge is 0.381 e. The molecule has 1 atom stereocenters. The van der Waals surface area contributed by atoms with Crippen LogP contribution in [0.25, 0.3) is 11.0 Å². The molecule has 2 N–H and O–H groups in total. The minimum Gasteiger partial charge on any atom is -0.381 e. The van der Waals surface area contributed by atoms with Crippen LogP contribution in [0.2, 0.25) is 0 Å². The standard InChI is InChI=1S/C25H31N5O3/c1-2-32-16-17-3-5-18(6-4-17)25(31)30-12-9-19(15-30)22-8-7-21-23(28-29-24(21)27-22)26-20-10-13-33-14-11-20/h3-8,19-20H,2,9-16H2,1H3,(H2,26,27,28,29)/t19-/m1/s1. The Morgan fingerprint density at radius 3 is 2.79 bits per heavy atom. The number of ether oxygens (including phenoxy) is 2. The number of aromatic amines is 1. The fourth-order valence-electron chi connectivity index (χ4n) is 4.62. The van der Waals surface area contributed by atoms with E-state index in [1.54, 1.807) is 0 Å². The van der Waals surface area contributed by atoms with Gasteiger partial charge in [-0.2, -0.15) is 5.10 Å². The molecule has 0 radical (unpaired) electrons. The second kappa shape index (κ2) is 9.89. The van der Waals surface area contributed by atoms with Gasteiger partial charge in [-0.3, -0.25) is 9.89 Å². The van der Waals surface area contributed by atoms with E-state index >= 15 is 0 Å². The minimum absolute atomic E-state index is 0.0750. The second-order valence-corrected chi connectivity index (χ2v) is 8.81. The lowest BCUT2D eigenvalue weighted by atomic mass is 10.0. The number of likely N-dealkylation sites (tertiary alicyclic amines) is 1. The van der Waals surface area contributed by atoms with Gasteiger partial charge < -0.3 is 19.7 Å². The number of carbonyl (C=O) groups excluding carboxylic acids is 1. The van der Waals surface area contributed by atoms with E-state index in [-0.39, 0.29) is 11.8 Å². The summed E-state index contributed by atoms with van der Waals surface area (Å²) < 4.78 is 10.9. The van der Waals surface area contributed by atoms with Crippen molar-refractivity contribution in [2.45, 2.75) is 44.8 Å². The predicted molar refractivity (Wildman–Crippen MR) is 126 cm³/mol. The fourth-order valence-corrected chi connectivity index (χ4v) is 4.62. The molecule has 0 bridgehead atoms. The molecule has 2 saturated heterocycles. The molecule has 1 aromatic carbocycles. The van der Waals surface area contributed by atoms with Crippen molar-refractivity contribution in [1.82, 2.24) is 20.1 Å². The highest BCUT2D eigenvalue weighted by Crippen LogP contribution is 2.30. The van der Waals surface area contributed by atoms with Gasteiger partial charge in [0.1, 0.15) is 0 Å². The molecule has 2 aliphatic rings. The average molecular weight is 450 g/mol. The van der Waals surface area contributed by atoms with Gasteiger partial charge >= 0.3 is 0 Å². The molecule has 4 heterocycles. The van der Waals surface area contributed by atoms with Crippen molar-refractivity contribution in [2.75, 3.05) is 38.2 Å². The van der Waals surface area contributed by atoms with Crippen LogP contribution in [0.15, 0.2) is 36.4 Å². The van der Waals surface area contributed by atoms with E-state index in [0.29, 0.717) is 25.8 Å². The SMILES string of the molecule is CCOCc1ccc(C(=O)N2CC[C@@H](c3ccc4c(NC5CCOCC5)n[nH]c4n3)C2)cc1. The van der Waals surface area contributed by atoms with E-state index in [2.05, 4.69) is 27.6 Å². The summed E-state index contributed by atoms with van der Waals surface area (Å²) in [6.07, 6.45) is 2.89. The van der Waals surface area contributed by atoms with Gasteiger partial charge in [-0.1, -0.05) is 12.1 Å². The average Bonchev–Trinajstić information content (AvgIpc) is 3.51. The van der Waals surface area contributed by atoms with E-state index in [1.807, 2.05) is 36.1 Å². The number of pyridine rings is 1. The summed E-state index contributed by atoms with van der Waals surface area (Å²) in [7, 11) is 0. The maximum absolute atomic E-state index is 13.0. The minimum atomic E-state index is 0.0750. The van der Waals surface area contributed by atoms with E-state index < -0.39 is 0 Å². The maximum atomic E-state index is 13.0. The van der Waals surface area contributed by atoms with Crippen molar-refractivity contribution >= 4 is 22.8 Å². The Balaban J connectivity index is 1.23. The number of nitrogens with zero attached hydrogens (tertiary/aromatic N) is 3. The Bertz CT molecular complexity index is 1090. The molecule has 0 saturated carbocycles. The van der Waals surface area contributed by atoms with E-state index in [9.17, 15) is 4.79 Å². The Hall–Kier alpha value is -2.97. The third-order valence-electron chi connectivity index (χ3n) is 6.58. The third kappa shape index (κ3) is 4.86. The summed E-state index contributed by atoms with van der Waals surface area (Å²) >= 11 is 0. The van der Waals surface area contributed by atoms with Gasteiger partial charge in [0.05, 0.1) is 12.0 Å². The monoisotopic (exact) mass is 449 g/mol. The number of hydrogen-bond acceptors (Lipinski definition) is 6. The highest BCUT2D eigenvalue weighted by molar-refractivity contribution is 5.94. The second-order valence-electron chi connectivity index (χ2n) is 8.81. The van der Waals surface area contributed by atoms with Gasteiger partial charge in [-0.05, 0) is 56.0 Å². The number of H-pyrrole nitrogens is 1. The molecule has 174 valence electrons. The first-order valence-electron chi connectivity index (χ1n) is 11.9. The molecule has 2 aromatic heterocycles. The topological polar surface area (TPSA) is 92.4 Å². The normalized spacial score (nSPS) is 19.3. The molecular formula is C25H31N5O3. The number of aromatic nitrogens is 3. The zero-order chi connectivity index (χ0) is 22.6. The van der Waals surface area contributed by atoms with Gasteiger partial charge in [0, 0.05) is 56.1 Å². The van der Waals surface area contributed by atoms with Crippen LogP contribution in [0.1, 0.15) is 53.7 Å². The summed E-state index contributed by atoms with van der Waals surface area (Å²) in [5.74, 6) is 1.16. The summed E-state index contributed by atoms with van der Waals surface area (Å²) in [6, 6.07) is 12.3. The van der Waals surface area contributed by atoms with Crippen molar-refractivity contribution in [3.05, 3.63) is 53.2 Å². The fraction of sp³-hybridized carbons (Fsp3) is 0.480. The van der Waals surface area contributed by atoms with Crippen LogP contribution in [-0.4, -0.2) is 64.9 Å². The maximum Gasteiger partial charge on any atom is 0.253 e. The van der Waals surface area contributed by atoms with Crippen molar-refractivity contribution in [3.8, 4) is 0 Å². The van der Waals surface area contributed by atoms with E-state index in [1.165, 1.54) is 0 Å². The molecule has 1 amide bonds. The summed E-state index contributed by atoms with van der Waals surface area (Å²) in [5, 5.41) is 12.1. The molecule has 33 heavy (non-hydrogen) atoms. The molecule has 2 aliphatic heterocycles. The molecule has 0 aliphatic carbocycles. The van der Waals surface area contributed by atoms with Gasteiger partial charge in [-0.25, -0.2) is 4.98 Å².